The molecule has 0 aliphatic carbocycles. The first-order valence-corrected chi connectivity index (χ1v) is 7.05. The topological polar surface area (TPSA) is 21.3 Å². The normalized spacial score (nSPS) is 11.2. The number of ether oxygens (including phenoxy) is 1. The summed E-state index contributed by atoms with van der Waals surface area (Å²) >= 11 is 3.38. The lowest BCUT2D eigenvalue weighted by Gasteiger charge is -2.14. The van der Waals surface area contributed by atoms with E-state index in [0.29, 0.717) is 6.54 Å². The highest BCUT2D eigenvalue weighted by molar-refractivity contribution is 9.10. The second kappa shape index (κ2) is 6.85. The van der Waals surface area contributed by atoms with Crippen molar-refractivity contribution in [1.82, 2.24) is 0 Å². The highest BCUT2D eigenvalue weighted by atomic mass is 79.9. The first kappa shape index (κ1) is 15.7. The molecule has 0 aromatic heterocycles. The third-order valence-electron chi connectivity index (χ3n) is 2.74. The van der Waals surface area contributed by atoms with Gasteiger partial charge in [-0.2, -0.15) is 13.2 Å². The molecule has 0 amide bonds. The van der Waals surface area contributed by atoms with Crippen LogP contribution in [0.2, 0.25) is 0 Å². The molecule has 2 nitrogen and oxygen atoms in total. The van der Waals surface area contributed by atoms with E-state index in [0.717, 1.165) is 16.2 Å². The molecule has 0 bridgehead atoms. The lowest BCUT2D eigenvalue weighted by molar-refractivity contribution is -0.138. The monoisotopic (exact) mass is 359 g/mol. The maximum atomic E-state index is 12.8. The van der Waals surface area contributed by atoms with Gasteiger partial charge in [-0.05, 0) is 40.2 Å². The van der Waals surface area contributed by atoms with Crippen LogP contribution in [0.25, 0.3) is 0 Å². The summed E-state index contributed by atoms with van der Waals surface area (Å²) < 4.78 is 44.4. The Kier molecular flexibility index (Phi) is 5.12. The molecule has 6 heteroatoms. The molecule has 0 saturated carbocycles. The Labute approximate surface area is 129 Å². The van der Waals surface area contributed by atoms with Gasteiger partial charge < -0.3 is 10.1 Å². The number of benzene rings is 2. The number of rotatable bonds is 5. The number of anilines is 1. The standard InChI is InChI=1S/C15H13BrF3NO/c16-12-6-2-3-7-13(12)20-9-10-21-14-8-4-1-5-11(14)15(17,18)19/h1-8,20H,9-10H2. The summed E-state index contributed by atoms with van der Waals surface area (Å²) in [6.07, 6.45) is -4.41. The van der Waals surface area contributed by atoms with E-state index in [-0.39, 0.29) is 12.4 Å². The molecule has 0 fully saturated rings. The number of nitrogens with one attached hydrogen (secondary N) is 1. The Morgan fingerprint density at radius 1 is 1.00 bits per heavy atom. The fourth-order valence-corrected chi connectivity index (χ4v) is 2.20. The van der Waals surface area contributed by atoms with Crippen molar-refractivity contribution >= 4 is 21.6 Å². The minimum atomic E-state index is -4.41. The SMILES string of the molecule is FC(F)(F)c1ccccc1OCCNc1ccccc1Br. The van der Waals surface area contributed by atoms with Gasteiger partial charge in [-0.25, -0.2) is 0 Å². The zero-order valence-corrected chi connectivity index (χ0v) is 12.5. The summed E-state index contributed by atoms with van der Waals surface area (Å²) in [5.41, 5.74) is 0.107. The molecule has 2 aromatic carbocycles. The Balaban J connectivity index is 1.91. The second-order valence-corrected chi connectivity index (χ2v) is 5.10. The minimum absolute atomic E-state index is 0.133. The first-order valence-electron chi connectivity index (χ1n) is 6.26. The molecule has 0 aliphatic rings. The number of hydrogen-bond acceptors (Lipinski definition) is 2. The molecule has 2 rings (SSSR count). The van der Waals surface area contributed by atoms with E-state index in [4.69, 9.17) is 4.74 Å². The van der Waals surface area contributed by atoms with Crippen molar-refractivity contribution in [2.24, 2.45) is 0 Å². The number of hydrogen-bond donors (Lipinski definition) is 1. The molecule has 0 saturated heterocycles. The molecule has 1 N–H and O–H groups in total. The van der Waals surface area contributed by atoms with E-state index in [9.17, 15) is 13.2 Å². The maximum absolute atomic E-state index is 12.8. The number of para-hydroxylation sites is 2. The molecule has 2 aromatic rings. The van der Waals surface area contributed by atoms with Crippen LogP contribution in [0, 0.1) is 0 Å². The van der Waals surface area contributed by atoms with Crippen molar-refractivity contribution in [3.63, 3.8) is 0 Å². The molecule has 0 unspecified atom stereocenters. The van der Waals surface area contributed by atoms with Crippen LogP contribution in [-0.2, 0) is 6.18 Å². The van der Waals surface area contributed by atoms with Crippen LogP contribution in [0.15, 0.2) is 53.0 Å². The fourth-order valence-electron chi connectivity index (χ4n) is 1.78. The van der Waals surface area contributed by atoms with E-state index in [1.807, 2.05) is 24.3 Å². The van der Waals surface area contributed by atoms with E-state index in [1.54, 1.807) is 0 Å². The Bertz CT molecular complexity index is 601. The lowest BCUT2D eigenvalue weighted by atomic mass is 10.2. The van der Waals surface area contributed by atoms with Crippen LogP contribution >= 0.6 is 15.9 Å². The molecule has 0 heterocycles. The van der Waals surface area contributed by atoms with Crippen molar-refractivity contribution in [1.29, 1.82) is 0 Å². The quantitative estimate of drug-likeness (QED) is 0.761. The summed E-state index contributed by atoms with van der Waals surface area (Å²) in [7, 11) is 0. The van der Waals surface area contributed by atoms with Crippen LogP contribution in [0.3, 0.4) is 0 Å². The van der Waals surface area contributed by atoms with Crippen molar-refractivity contribution < 1.29 is 17.9 Å². The van der Waals surface area contributed by atoms with Gasteiger partial charge in [0.05, 0.1) is 5.56 Å². The van der Waals surface area contributed by atoms with Gasteiger partial charge in [-0.1, -0.05) is 24.3 Å². The smallest absolute Gasteiger partial charge is 0.419 e. The van der Waals surface area contributed by atoms with E-state index >= 15 is 0 Å². The zero-order valence-electron chi connectivity index (χ0n) is 11.0. The fraction of sp³-hybridized carbons (Fsp3) is 0.200. The lowest BCUT2D eigenvalue weighted by Crippen LogP contribution is -2.14. The molecule has 0 radical (unpaired) electrons. The van der Waals surface area contributed by atoms with E-state index in [2.05, 4.69) is 21.2 Å². The van der Waals surface area contributed by atoms with Crippen LogP contribution < -0.4 is 10.1 Å². The Morgan fingerprint density at radius 3 is 2.38 bits per heavy atom. The van der Waals surface area contributed by atoms with E-state index < -0.39 is 11.7 Å². The first-order chi connectivity index (χ1) is 9.98. The van der Waals surface area contributed by atoms with Gasteiger partial charge in [0.15, 0.2) is 0 Å². The van der Waals surface area contributed by atoms with E-state index in [1.165, 1.54) is 18.2 Å². The highest BCUT2D eigenvalue weighted by Crippen LogP contribution is 2.35. The van der Waals surface area contributed by atoms with Crippen molar-refractivity contribution in [2.75, 3.05) is 18.5 Å². The van der Waals surface area contributed by atoms with Crippen molar-refractivity contribution in [3.05, 3.63) is 58.6 Å². The van der Waals surface area contributed by atoms with Crippen molar-refractivity contribution in [3.8, 4) is 5.75 Å². The molecule has 112 valence electrons. The Hall–Kier alpha value is -1.69. The molecule has 0 atom stereocenters. The van der Waals surface area contributed by atoms with Crippen LogP contribution in [0.5, 0.6) is 5.75 Å². The molecule has 0 spiro atoms. The van der Waals surface area contributed by atoms with Gasteiger partial charge in [0.1, 0.15) is 12.4 Å². The molecule has 0 aliphatic heterocycles. The summed E-state index contributed by atoms with van der Waals surface area (Å²) in [5, 5.41) is 3.09. The zero-order chi connectivity index (χ0) is 15.3. The number of halogens is 4. The highest BCUT2D eigenvalue weighted by Gasteiger charge is 2.33. The minimum Gasteiger partial charge on any atom is -0.491 e. The summed E-state index contributed by atoms with van der Waals surface area (Å²) in [4.78, 5) is 0. The maximum Gasteiger partial charge on any atom is 0.419 e. The molecular weight excluding hydrogens is 347 g/mol. The Morgan fingerprint density at radius 2 is 1.67 bits per heavy atom. The average molecular weight is 360 g/mol. The summed E-state index contributed by atoms with van der Waals surface area (Å²) in [6, 6.07) is 12.7. The van der Waals surface area contributed by atoms with Gasteiger partial charge in [0, 0.05) is 16.7 Å². The summed E-state index contributed by atoms with van der Waals surface area (Å²) in [6.45, 7) is 0.531. The predicted molar refractivity (Wildman–Crippen MR) is 79.6 cm³/mol. The van der Waals surface area contributed by atoms with Gasteiger partial charge in [-0.15, -0.1) is 0 Å². The van der Waals surface area contributed by atoms with Gasteiger partial charge in [-0.3, -0.25) is 0 Å². The van der Waals surface area contributed by atoms with Crippen LogP contribution in [0.1, 0.15) is 5.56 Å². The second-order valence-electron chi connectivity index (χ2n) is 4.25. The predicted octanol–water partition coefficient (Wildman–Crippen LogP) is 4.96. The van der Waals surface area contributed by atoms with Crippen LogP contribution in [-0.4, -0.2) is 13.2 Å². The summed E-state index contributed by atoms with van der Waals surface area (Å²) in [5.74, 6) is -0.154. The molecular formula is C15H13BrF3NO. The average Bonchev–Trinajstić information content (AvgIpc) is 2.45. The third-order valence-corrected chi connectivity index (χ3v) is 3.43. The number of alkyl halides is 3. The van der Waals surface area contributed by atoms with Gasteiger partial charge in [0.25, 0.3) is 0 Å². The van der Waals surface area contributed by atoms with Gasteiger partial charge in [0.2, 0.25) is 0 Å². The van der Waals surface area contributed by atoms with Gasteiger partial charge >= 0.3 is 6.18 Å². The molecule has 21 heavy (non-hydrogen) atoms. The van der Waals surface area contributed by atoms with Crippen molar-refractivity contribution in [2.45, 2.75) is 6.18 Å². The largest absolute Gasteiger partial charge is 0.491 e. The third kappa shape index (κ3) is 4.39. The van der Waals surface area contributed by atoms with Crippen LogP contribution in [0.4, 0.5) is 18.9 Å².